The van der Waals surface area contributed by atoms with Crippen LogP contribution in [0, 0.1) is 0 Å². The molecular formula is C19H16N2O4. The average Bonchev–Trinajstić information content (AvgIpc) is 2.60. The van der Waals surface area contributed by atoms with Gasteiger partial charge in [0.1, 0.15) is 5.75 Å². The number of benzene rings is 2. The quantitative estimate of drug-likeness (QED) is 0.760. The van der Waals surface area contributed by atoms with E-state index in [0.717, 1.165) is 0 Å². The van der Waals surface area contributed by atoms with Crippen molar-refractivity contribution in [2.75, 3.05) is 12.4 Å². The number of carboxylic acid groups (broad SMARTS) is 1. The van der Waals surface area contributed by atoms with E-state index in [2.05, 4.69) is 10.3 Å². The van der Waals surface area contributed by atoms with Crippen molar-refractivity contribution < 1.29 is 19.4 Å². The average molecular weight is 336 g/mol. The van der Waals surface area contributed by atoms with Gasteiger partial charge in [-0.25, -0.2) is 9.78 Å². The predicted octanol–water partition coefficient (Wildman–Crippen LogP) is 3.57. The van der Waals surface area contributed by atoms with Crippen LogP contribution in [0.15, 0.2) is 48.5 Å². The Hall–Kier alpha value is -3.41. The van der Waals surface area contributed by atoms with Crippen LogP contribution in [-0.2, 0) is 4.79 Å². The first-order valence-electron chi connectivity index (χ1n) is 7.58. The number of fused-ring (bicyclic) bond motifs is 1. The molecule has 1 amide bonds. The fourth-order valence-electron chi connectivity index (χ4n) is 2.68. The van der Waals surface area contributed by atoms with Gasteiger partial charge in [-0.3, -0.25) is 4.79 Å². The molecule has 2 N–H and O–H groups in total. The van der Waals surface area contributed by atoms with E-state index in [9.17, 15) is 14.7 Å². The van der Waals surface area contributed by atoms with Crippen molar-refractivity contribution >= 4 is 28.5 Å². The molecule has 6 heteroatoms. The molecule has 3 rings (SSSR count). The van der Waals surface area contributed by atoms with Gasteiger partial charge in [-0.15, -0.1) is 0 Å². The van der Waals surface area contributed by atoms with Crippen LogP contribution in [0.3, 0.4) is 0 Å². The van der Waals surface area contributed by atoms with Gasteiger partial charge in [0.05, 0.1) is 23.9 Å². The second-order valence-corrected chi connectivity index (χ2v) is 5.47. The minimum Gasteiger partial charge on any atom is -0.496 e. The van der Waals surface area contributed by atoms with Crippen LogP contribution < -0.4 is 10.1 Å². The van der Waals surface area contributed by atoms with Crippen LogP contribution in [-0.4, -0.2) is 29.1 Å². The van der Waals surface area contributed by atoms with Gasteiger partial charge in [-0.1, -0.05) is 12.1 Å². The Morgan fingerprint density at radius 3 is 2.56 bits per heavy atom. The van der Waals surface area contributed by atoms with Crippen LogP contribution in [0.5, 0.6) is 5.75 Å². The molecule has 0 spiro atoms. The number of nitrogens with zero attached hydrogens (tertiary/aromatic N) is 1. The Kier molecular flexibility index (Phi) is 4.35. The molecule has 0 radical (unpaired) electrons. The Labute approximate surface area is 144 Å². The summed E-state index contributed by atoms with van der Waals surface area (Å²) in [6.45, 7) is 1.39. The number of nitrogens with one attached hydrogen (secondary N) is 1. The molecule has 25 heavy (non-hydrogen) atoms. The van der Waals surface area contributed by atoms with Crippen molar-refractivity contribution in [1.29, 1.82) is 0 Å². The summed E-state index contributed by atoms with van der Waals surface area (Å²) in [5.41, 5.74) is 2.37. The van der Waals surface area contributed by atoms with Crippen molar-refractivity contribution in [3.8, 4) is 17.0 Å². The molecular weight excluding hydrogens is 320 g/mol. The van der Waals surface area contributed by atoms with Gasteiger partial charge in [0.2, 0.25) is 5.91 Å². The molecule has 0 saturated carbocycles. The lowest BCUT2D eigenvalue weighted by atomic mass is 10.0. The SMILES string of the molecule is COc1ccccc1-c1cc(C(=O)O)c2cc(NC(C)=O)ccc2n1. The molecule has 1 heterocycles. The Balaban J connectivity index is 2.23. The highest BCUT2D eigenvalue weighted by Gasteiger charge is 2.15. The third kappa shape index (κ3) is 3.28. The lowest BCUT2D eigenvalue weighted by Crippen LogP contribution is -2.06. The van der Waals surface area contributed by atoms with E-state index in [0.29, 0.717) is 33.6 Å². The molecule has 0 aliphatic heterocycles. The zero-order valence-electron chi connectivity index (χ0n) is 13.7. The summed E-state index contributed by atoms with van der Waals surface area (Å²) >= 11 is 0. The van der Waals surface area contributed by atoms with Crippen LogP contribution in [0.4, 0.5) is 5.69 Å². The summed E-state index contributed by atoms with van der Waals surface area (Å²) in [6.07, 6.45) is 0. The van der Waals surface area contributed by atoms with Crippen molar-refractivity contribution in [3.05, 3.63) is 54.1 Å². The first-order valence-corrected chi connectivity index (χ1v) is 7.58. The van der Waals surface area contributed by atoms with Crippen molar-refractivity contribution in [1.82, 2.24) is 4.98 Å². The summed E-state index contributed by atoms with van der Waals surface area (Å²) in [5, 5.41) is 12.7. The Morgan fingerprint density at radius 1 is 1.12 bits per heavy atom. The Morgan fingerprint density at radius 2 is 1.88 bits per heavy atom. The number of hydrogen-bond donors (Lipinski definition) is 2. The highest BCUT2D eigenvalue weighted by atomic mass is 16.5. The van der Waals surface area contributed by atoms with E-state index in [1.54, 1.807) is 31.4 Å². The van der Waals surface area contributed by atoms with Crippen LogP contribution in [0.25, 0.3) is 22.2 Å². The van der Waals surface area contributed by atoms with Crippen molar-refractivity contribution in [2.45, 2.75) is 6.92 Å². The molecule has 0 bridgehead atoms. The molecule has 0 aliphatic rings. The second-order valence-electron chi connectivity index (χ2n) is 5.47. The van der Waals surface area contributed by atoms with E-state index in [-0.39, 0.29) is 11.5 Å². The number of rotatable bonds is 4. The molecule has 2 aromatic carbocycles. The number of aromatic carboxylic acids is 1. The molecule has 3 aromatic rings. The van der Waals surface area contributed by atoms with Crippen LogP contribution in [0.2, 0.25) is 0 Å². The first-order chi connectivity index (χ1) is 12.0. The van der Waals surface area contributed by atoms with Gasteiger partial charge in [0.25, 0.3) is 0 Å². The number of methoxy groups -OCH3 is 1. The van der Waals surface area contributed by atoms with Crippen LogP contribution >= 0.6 is 0 Å². The fourth-order valence-corrected chi connectivity index (χ4v) is 2.68. The lowest BCUT2D eigenvalue weighted by Gasteiger charge is -2.11. The third-order valence-corrected chi connectivity index (χ3v) is 3.74. The minimum atomic E-state index is -1.07. The number of anilines is 1. The van der Waals surface area contributed by atoms with Gasteiger partial charge in [-0.2, -0.15) is 0 Å². The third-order valence-electron chi connectivity index (χ3n) is 3.74. The number of carboxylic acids is 1. The molecule has 0 fully saturated rings. The van der Waals surface area contributed by atoms with Crippen molar-refractivity contribution in [2.24, 2.45) is 0 Å². The van der Waals surface area contributed by atoms with Gasteiger partial charge in [0.15, 0.2) is 0 Å². The van der Waals surface area contributed by atoms with E-state index in [1.807, 2.05) is 18.2 Å². The number of ether oxygens (including phenoxy) is 1. The number of carbonyl (C=O) groups is 2. The summed E-state index contributed by atoms with van der Waals surface area (Å²) < 4.78 is 5.34. The molecule has 0 unspecified atom stereocenters. The standard InChI is InChI=1S/C19H16N2O4/c1-11(22)20-12-7-8-16-14(9-12)15(19(23)24)10-17(21-16)13-5-3-4-6-18(13)25-2/h3-10H,1-2H3,(H,20,22)(H,23,24). The largest absolute Gasteiger partial charge is 0.496 e. The van der Waals surface area contributed by atoms with Gasteiger partial charge in [-0.05, 0) is 36.4 Å². The summed E-state index contributed by atoms with van der Waals surface area (Å²) in [7, 11) is 1.55. The number of aromatic nitrogens is 1. The number of carbonyl (C=O) groups excluding carboxylic acids is 1. The smallest absolute Gasteiger partial charge is 0.336 e. The summed E-state index contributed by atoms with van der Waals surface area (Å²) in [5.74, 6) is -0.682. The zero-order chi connectivity index (χ0) is 18.0. The molecule has 6 nitrogen and oxygen atoms in total. The minimum absolute atomic E-state index is 0.109. The molecule has 1 aromatic heterocycles. The number of hydrogen-bond acceptors (Lipinski definition) is 4. The molecule has 126 valence electrons. The molecule has 0 atom stereocenters. The number of pyridine rings is 1. The second kappa shape index (κ2) is 6.60. The Bertz CT molecular complexity index is 982. The summed E-state index contributed by atoms with van der Waals surface area (Å²) in [6, 6.07) is 13.8. The van der Waals surface area contributed by atoms with E-state index >= 15 is 0 Å². The van der Waals surface area contributed by atoms with Gasteiger partial charge < -0.3 is 15.2 Å². The summed E-state index contributed by atoms with van der Waals surface area (Å²) in [4.78, 5) is 27.5. The van der Waals surface area contributed by atoms with E-state index in [4.69, 9.17) is 4.74 Å². The van der Waals surface area contributed by atoms with E-state index < -0.39 is 5.97 Å². The van der Waals surface area contributed by atoms with Crippen molar-refractivity contribution in [3.63, 3.8) is 0 Å². The van der Waals surface area contributed by atoms with Crippen LogP contribution in [0.1, 0.15) is 17.3 Å². The lowest BCUT2D eigenvalue weighted by molar-refractivity contribution is -0.114. The maximum absolute atomic E-state index is 11.7. The van der Waals surface area contributed by atoms with E-state index in [1.165, 1.54) is 13.0 Å². The molecule has 0 saturated heterocycles. The monoisotopic (exact) mass is 336 g/mol. The highest BCUT2D eigenvalue weighted by Crippen LogP contribution is 2.32. The first kappa shape index (κ1) is 16.4. The normalized spacial score (nSPS) is 10.5. The maximum atomic E-state index is 11.7. The number of amides is 1. The van der Waals surface area contributed by atoms with Gasteiger partial charge >= 0.3 is 5.97 Å². The number of para-hydroxylation sites is 1. The topological polar surface area (TPSA) is 88.5 Å². The highest BCUT2D eigenvalue weighted by molar-refractivity contribution is 6.05. The fraction of sp³-hybridized carbons (Fsp3) is 0.105. The van der Waals surface area contributed by atoms with Gasteiger partial charge in [0, 0.05) is 23.6 Å². The molecule has 0 aliphatic carbocycles. The zero-order valence-corrected chi connectivity index (χ0v) is 13.7. The maximum Gasteiger partial charge on any atom is 0.336 e. The predicted molar refractivity (Wildman–Crippen MR) is 95.0 cm³/mol.